The minimum Gasteiger partial charge on any atom is -0.312 e. The number of nitrogens with zero attached hydrogens (tertiary/aromatic N) is 4. The zero-order valence-corrected chi connectivity index (χ0v) is 17.1. The largest absolute Gasteiger partial charge is 0.312 e. The van der Waals surface area contributed by atoms with Crippen molar-refractivity contribution in [3.8, 4) is 5.69 Å². The van der Waals surface area contributed by atoms with E-state index in [1.807, 2.05) is 29.7 Å². The third-order valence-electron chi connectivity index (χ3n) is 4.92. The Labute approximate surface area is 171 Å². The van der Waals surface area contributed by atoms with Crippen LogP contribution in [0.4, 0.5) is 5.69 Å². The Bertz CT molecular complexity index is 1080. The highest BCUT2D eigenvalue weighted by molar-refractivity contribution is 9.10. The first kappa shape index (κ1) is 18.8. The van der Waals surface area contributed by atoms with E-state index >= 15 is 0 Å². The molecule has 28 heavy (non-hydrogen) atoms. The predicted octanol–water partition coefficient (Wildman–Crippen LogP) is 4.86. The van der Waals surface area contributed by atoms with E-state index < -0.39 is 0 Å². The molecule has 0 radical (unpaired) electrons. The van der Waals surface area contributed by atoms with Crippen molar-refractivity contribution >= 4 is 38.4 Å². The van der Waals surface area contributed by atoms with Crippen molar-refractivity contribution in [1.29, 1.82) is 0 Å². The van der Waals surface area contributed by atoms with E-state index in [1.54, 1.807) is 23.4 Å². The Morgan fingerprint density at radius 2 is 2.11 bits per heavy atom. The Morgan fingerprint density at radius 3 is 2.79 bits per heavy atom. The normalized spacial score (nSPS) is 14.9. The summed E-state index contributed by atoms with van der Waals surface area (Å²) in [5.74, 6) is -0.00393. The smallest absolute Gasteiger partial charge is 0.187 e. The molecular formula is C21H19BrN4O2. The average Bonchev–Trinajstić information content (AvgIpc) is 3.00. The Hall–Kier alpha value is -2.53. The second-order valence-corrected chi connectivity index (χ2v) is 7.69. The van der Waals surface area contributed by atoms with Crippen LogP contribution in [0.25, 0.3) is 21.6 Å². The quantitative estimate of drug-likeness (QED) is 0.431. The summed E-state index contributed by atoms with van der Waals surface area (Å²) in [4.78, 5) is 26.7. The molecule has 0 saturated carbocycles. The van der Waals surface area contributed by atoms with Crippen molar-refractivity contribution in [2.24, 2.45) is 0 Å². The highest BCUT2D eigenvalue weighted by atomic mass is 79.9. The molecule has 1 aliphatic heterocycles. The van der Waals surface area contributed by atoms with E-state index in [1.165, 1.54) is 0 Å². The van der Waals surface area contributed by atoms with Crippen molar-refractivity contribution < 1.29 is 9.63 Å². The first-order valence-corrected chi connectivity index (χ1v) is 9.93. The lowest BCUT2D eigenvalue weighted by molar-refractivity contribution is -0.172. The summed E-state index contributed by atoms with van der Waals surface area (Å²) >= 11 is 3.48. The number of pyridine rings is 1. The van der Waals surface area contributed by atoms with Gasteiger partial charge >= 0.3 is 0 Å². The first-order valence-electron chi connectivity index (χ1n) is 9.14. The molecule has 0 atom stereocenters. The van der Waals surface area contributed by atoms with Gasteiger partial charge in [-0.3, -0.25) is 14.6 Å². The molecule has 0 bridgehead atoms. The van der Waals surface area contributed by atoms with Crippen LogP contribution in [0.3, 0.4) is 0 Å². The standard InChI is InChI=1S/C21H19BrN4O2/c1-14-20(19(27)13-25-9-3-4-10-28-25)21-18(11-15(22)12-24-21)26(14)17-7-5-16(23-2)6-8-17/h5-8,11-12H,3-4,9-10,13H2,1H3. The summed E-state index contributed by atoms with van der Waals surface area (Å²) in [5.41, 5.74) is 4.45. The number of benzene rings is 1. The molecule has 0 unspecified atom stereocenters. The summed E-state index contributed by atoms with van der Waals surface area (Å²) in [6.45, 7) is 10.7. The summed E-state index contributed by atoms with van der Waals surface area (Å²) in [6, 6.07) is 9.31. The molecule has 0 N–H and O–H groups in total. The van der Waals surface area contributed by atoms with Gasteiger partial charge in [-0.25, -0.2) is 4.85 Å². The summed E-state index contributed by atoms with van der Waals surface area (Å²) < 4.78 is 2.86. The number of carbonyl (C=O) groups excluding carboxylic acids is 1. The summed E-state index contributed by atoms with van der Waals surface area (Å²) in [6.07, 6.45) is 3.77. The van der Waals surface area contributed by atoms with Crippen LogP contribution in [0.2, 0.25) is 0 Å². The van der Waals surface area contributed by atoms with Gasteiger partial charge in [0.1, 0.15) is 0 Å². The van der Waals surface area contributed by atoms with E-state index in [0.717, 1.165) is 40.8 Å². The summed E-state index contributed by atoms with van der Waals surface area (Å²) in [7, 11) is 0. The fourth-order valence-corrected chi connectivity index (χ4v) is 3.93. The molecule has 4 rings (SSSR count). The number of hydrogen-bond acceptors (Lipinski definition) is 4. The number of halogens is 1. The van der Waals surface area contributed by atoms with E-state index in [0.29, 0.717) is 23.4 Å². The van der Waals surface area contributed by atoms with Gasteiger partial charge in [0.15, 0.2) is 11.5 Å². The van der Waals surface area contributed by atoms with Gasteiger partial charge < -0.3 is 4.57 Å². The molecule has 3 aromatic rings. The number of fused-ring (bicyclic) bond motifs is 1. The molecular weight excluding hydrogens is 420 g/mol. The average molecular weight is 439 g/mol. The third-order valence-corrected chi connectivity index (χ3v) is 5.35. The molecule has 1 saturated heterocycles. The van der Waals surface area contributed by atoms with Crippen LogP contribution in [0.5, 0.6) is 0 Å². The van der Waals surface area contributed by atoms with E-state index in [9.17, 15) is 4.79 Å². The number of hydroxylamine groups is 2. The predicted molar refractivity (Wildman–Crippen MR) is 111 cm³/mol. The van der Waals surface area contributed by atoms with Crippen LogP contribution in [0.15, 0.2) is 41.0 Å². The molecule has 142 valence electrons. The number of ketones is 1. The van der Waals surface area contributed by atoms with Crippen molar-refractivity contribution in [1.82, 2.24) is 14.6 Å². The van der Waals surface area contributed by atoms with Gasteiger partial charge in [0, 0.05) is 28.6 Å². The molecule has 1 fully saturated rings. The van der Waals surface area contributed by atoms with Gasteiger partial charge in [-0.2, -0.15) is 5.06 Å². The van der Waals surface area contributed by atoms with E-state index in [2.05, 4.69) is 25.8 Å². The number of Topliss-reactive ketones (excluding diaryl/α,β-unsaturated/α-hetero) is 1. The van der Waals surface area contributed by atoms with Gasteiger partial charge in [0.25, 0.3) is 0 Å². The lowest BCUT2D eigenvalue weighted by atomic mass is 10.1. The SMILES string of the molecule is [C-]#[N+]c1ccc(-n2c(C)c(C(=O)CN3CCCCO3)c3ncc(Br)cc32)cc1. The third kappa shape index (κ3) is 3.47. The Morgan fingerprint density at radius 1 is 1.32 bits per heavy atom. The van der Waals surface area contributed by atoms with Gasteiger partial charge in [0.2, 0.25) is 0 Å². The minimum atomic E-state index is -0.00393. The Kier molecular flexibility index (Phi) is 5.27. The highest BCUT2D eigenvalue weighted by Crippen LogP contribution is 2.31. The maximum atomic E-state index is 13.2. The second kappa shape index (κ2) is 7.84. The van der Waals surface area contributed by atoms with Crippen LogP contribution in [-0.2, 0) is 4.84 Å². The molecule has 0 spiro atoms. The van der Waals surface area contributed by atoms with Crippen molar-refractivity contribution in [3.05, 3.63) is 63.7 Å². The Balaban J connectivity index is 1.81. The molecule has 2 aromatic heterocycles. The fraction of sp³-hybridized carbons (Fsp3) is 0.286. The van der Waals surface area contributed by atoms with Crippen molar-refractivity contribution in [2.75, 3.05) is 19.7 Å². The van der Waals surface area contributed by atoms with Gasteiger partial charge in [0.05, 0.1) is 36.3 Å². The fourth-order valence-electron chi connectivity index (χ4n) is 3.61. The van der Waals surface area contributed by atoms with Crippen LogP contribution < -0.4 is 0 Å². The second-order valence-electron chi connectivity index (χ2n) is 6.77. The van der Waals surface area contributed by atoms with Crippen LogP contribution in [0, 0.1) is 13.5 Å². The van der Waals surface area contributed by atoms with Crippen molar-refractivity contribution in [3.63, 3.8) is 0 Å². The van der Waals surface area contributed by atoms with Gasteiger partial charge in [-0.05, 0) is 53.9 Å². The van der Waals surface area contributed by atoms with Crippen LogP contribution >= 0.6 is 15.9 Å². The maximum absolute atomic E-state index is 13.2. The number of carbonyl (C=O) groups is 1. The first-order chi connectivity index (χ1) is 13.6. The molecule has 0 amide bonds. The van der Waals surface area contributed by atoms with Crippen LogP contribution in [-0.4, -0.2) is 40.1 Å². The van der Waals surface area contributed by atoms with E-state index in [4.69, 9.17) is 11.4 Å². The molecule has 0 aliphatic carbocycles. The lowest BCUT2D eigenvalue weighted by Gasteiger charge is -2.25. The number of aromatic nitrogens is 2. The minimum absolute atomic E-state index is 0.00393. The van der Waals surface area contributed by atoms with Crippen LogP contribution in [0.1, 0.15) is 28.9 Å². The van der Waals surface area contributed by atoms with Gasteiger partial charge in [-0.15, -0.1) is 0 Å². The molecule has 1 aromatic carbocycles. The zero-order chi connectivity index (χ0) is 19.7. The monoisotopic (exact) mass is 438 g/mol. The number of hydrogen-bond donors (Lipinski definition) is 0. The topological polar surface area (TPSA) is 51.7 Å². The zero-order valence-electron chi connectivity index (χ0n) is 15.5. The molecule has 3 heterocycles. The molecule has 1 aliphatic rings. The van der Waals surface area contributed by atoms with Crippen molar-refractivity contribution in [2.45, 2.75) is 19.8 Å². The molecule has 7 heteroatoms. The lowest BCUT2D eigenvalue weighted by Crippen LogP contribution is -2.34. The maximum Gasteiger partial charge on any atom is 0.187 e. The molecule has 6 nitrogen and oxygen atoms in total. The highest BCUT2D eigenvalue weighted by Gasteiger charge is 2.24. The summed E-state index contributed by atoms with van der Waals surface area (Å²) in [5, 5.41) is 1.75. The van der Waals surface area contributed by atoms with E-state index in [-0.39, 0.29) is 12.3 Å². The number of rotatable bonds is 4. The van der Waals surface area contributed by atoms with Gasteiger partial charge in [-0.1, -0.05) is 12.1 Å².